The van der Waals surface area contributed by atoms with Crippen molar-refractivity contribution in [1.29, 1.82) is 0 Å². The lowest BCUT2D eigenvalue weighted by atomic mass is 10.0. The van der Waals surface area contributed by atoms with Crippen molar-refractivity contribution in [1.82, 2.24) is 19.4 Å². The second-order valence-corrected chi connectivity index (χ2v) is 9.04. The molecular weight excluding hydrogens is 498 g/mol. The molecule has 0 aliphatic carbocycles. The first-order valence-electron chi connectivity index (χ1n) is 11.4. The van der Waals surface area contributed by atoms with Crippen molar-refractivity contribution >= 4 is 28.2 Å². The van der Waals surface area contributed by atoms with Gasteiger partial charge >= 0.3 is 0 Å². The molecule has 0 spiro atoms. The van der Waals surface area contributed by atoms with Gasteiger partial charge in [0.15, 0.2) is 5.82 Å². The summed E-state index contributed by atoms with van der Waals surface area (Å²) in [5.74, 6) is -1.50. The van der Waals surface area contributed by atoms with Crippen LogP contribution in [0.1, 0.15) is 22.4 Å². The van der Waals surface area contributed by atoms with Crippen LogP contribution >= 0.6 is 11.6 Å². The van der Waals surface area contributed by atoms with Crippen molar-refractivity contribution in [3.05, 3.63) is 117 Å². The zero-order valence-electron chi connectivity index (χ0n) is 20.6. The van der Waals surface area contributed by atoms with Gasteiger partial charge in [-0.15, -0.1) is 0 Å². The Balaban J connectivity index is 1.73. The number of fused-ring (bicyclic) bond motifs is 1. The SMILES string of the molecule is C=C/C=C(/c1cc(C)nc2c(OCc3c(Cl)cncc3Cn3cc(F)cc(F)c3=O)cccc12)N(C)C. The minimum absolute atomic E-state index is 0.0241. The summed E-state index contributed by atoms with van der Waals surface area (Å²) in [5, 5.41) is 1.20. The third-order valence-corrected chi connectivity index (χ3v) is 6.11. The van der Waals surface area contributed by atoms with Gasteiger partial charge in [-0.3, -0.25) is 9.78 Å². The Bertz CT molecular complexity index is 1580. The normalized spacial score (nSPS) is 11.6. The van der Waals surface area contributed by atoms with Gasteiger partial charge in [0.05, 0.1) is 11.6 Å². The van der Waals surface area contributed by atoms with Crippen molar-refractivity contribution in [3.63, 3.8) is 0 Å². The van der Waals surface area contributed by atoms with Gasteiger partial charge in [0.25, 0.3) is 5.56 Å². The highest BCUT2D eigenvalue weighted by molar-refractivity contribution is 6.31. The number of para-hydroxylation sites is 1. The molecule has 37 heavy (non-hydrogen) atoms. The van der Waals surface area contributed by atoms with E-state index in [0.29, 0.717) is 33.5 Å². The molecule has 0 atom stereocenters. The summed E-state index contributed by atoms with van der Waals surface area (Å²) in [6.45, 7) is 5.63. The molecule has 190 valence electrons. The van der Waals surface area contributed by atoms with Crippen LogP contribution < -0.4 is 10.3 Å². The standard InChI is InChI=1S/C28H25ClF2N4O2/c1-5-7-25(34(3)4)21-10-17(2)33-27-20(21)8-6-9-26(27)37-16-22-18(12-32-13-23(22)29)14-35-15-19(30)11-24(31)28(35)36/h5-13,15H,1,14,16H2,2-4H3/b25-7-. The van der Waals surface area contributed by atoms with Crippen molar-refractivity contribution in [2.45, 2.75) is 20.1 Å². The van der Waals surface area contributed by atoms with Gasteiger partial charge in [-0.1, -0.05) is 36.4 Å². The Morgan fingerprint density at radius 3 is 2.76 bits per heavy atom. The average Bonchev–Trinajstić information content (AvgIpc) is 2.84. The molecule has 4 aromatic rings. The molecule has 0 bridgehead atoms. The molecule has 0 unspecified atom stereocenters. The molecule has 9 heteroatoms. The van der Waals surface area contributed by atoms with E-state index >= 15 is 0 Å². The van der Waals surface area contributed by atoms with E-state index in [9.17, 15) is 13.6 Å². The van der Waals surface area contributed by atoms with Crippen LogP contribution in [0, 0.1) is 18.6 Å². The first-order valence-corrected chi connectivity index (χ1v) is 11.8. The number of aromatic nitrogens is 3. The van der Waals surface area contributed by atoms with Gasteiger partial charge in [0.2, 0.25) is 0 Å². The van der Waals surface area contributed by atoms with Crippen LogP contribution in [0.4, 0.5) is 8.78 Å². The number of ether oxygens (including phenoxy) is 1. The molecule has 0 radical (unpaired) electrons. The van der Waals surface area contributed by atoms with E-state index in [2.05, 4.69) is 11.6 Å². The molecule has 0 aliphatic heterocycles. The lowest BCUT2D eigenvalue weighted by molar-refractivity contribution is 0.307. The number of pyridine rings is 3. The number of hydrogen-bond acceptors (Lipinski definition) is 5. The Labute approximate surface area is 218 Å². The number of aryl methyl sites for hydroxylation is 1. The largest absolute Gasteiger partial charge is 0.487 e. The molecule has 3 aromatic heterocycles. The molecule has 4 rings (SSSR count). The Morgan fingerprint density at radius 2 is 2.03 bits per heavy atom. The lowest BCUT2D eigenvalue weighted by Crippen LogP contribution is -2.24. The van der Waals surface area contributed by atoms with Gasteiger partial charge in [-0.25, -0.2) is 13.8 Å². The number of rotatable bonds is 8. The maximum atomic E-state index is 13.8. The van der Waals surface area contributed by atoms with E-state index in [4.69, 9.17) is 21.3 Å². The zero-order valence-corrected chi connectivity index (χ0v) is 21.4. The minimum Gasteiger partial charge on any atom is -0.487 e. The predicted octanol–water partition coefficient (Wildman–Crippen LogP) is 5.75. The summed E-state index contributed by atoms with van der Waals surface area (Å²) in [7, 11) is 3.92. The zero-order chi connectivity index (χ0) is 26.7. The van der Waals surface area contributed by atoms with E-state index in [1.54, 1.807) is 6.08 Å². The number of halogens is 3. The van der Waals surface area contributed by atoms with Gasteiger partial charge in [-0.2, -0.15) is 0 Å². The van der Waals surface area contributed by atoms with Crippen LogP contribution in [0.5, 0.6) is 5.75 Å². The number of nitrogens with zero attached hydrogens (tertiary/aromatic N) is 4. The molecule has 0 N–H and O–H groups in total. The van der Waals surface area contributed by atoms with Crippen LogP contribution in [0.25, 0.3) is 16.6 Å². The Kier molecular flexibility index (Phi) is 7.69. The van der Waals surface area contributed by atoms with E-state index in [-0.39, 0.29) is 13.2 Å². The summed E-state index contributed by atoms with van der Waals surface area (Å²) >= 11 is 6.43. The second kappa shape index (κ2) is 10.9. The topological polar surface area (TPSA) is 60.3 Å². The van der Waals surface area contributed by atoms with Crippen molar-refractivity contribution < 1.29 is 13.5 Å². The molecule has 0 fully saturated rings. The number of allylic oxidation sites excluding steroid dienone is 2. The maximum absolute atomic E-state index is 13.8. The molecule has 1 aromatic carbocycles. The molecule has 0 amide bonds. The molecule has 0 saturated carbocycles. The summed E-state index contributed by atoms with van der Waals surface area (Å²) in [4.78, 5) is 23.0. The van der Waals surface area contributed by atoms with Crippen molar-refractivity contribution in [3.8, 4) is 5.75 Å². The quantitative estimate of drug-likeness (QED) is 0.276. The third-order valence-electron chi connectivity index (χ3n) is 5.78. The first kappa shape index (κ1) is 26.0. The highest BCUT2D eigenvalue weighted by atomic mass is 35.5. The van der Waals surface area contributed by atoms with Gasteiger partial charge < -0.3 is 14.2 Å². The summed E-state index contributed by atoms with van der Waals surface area (Å²) < 4.78 is 34.7. The van der Waals surface area contributed by atoms with Gasteiger partial charge in [0, 0.05) is 66.7 Å². The highest BCUT2D eigenvalue weighted by Crippen LogP contribution is 2.32. The minimum atomic E-state index is -1.18. The Morgan fingerprint density at radius 1 is 1.24 bits per heavy atom. The van der Waals surface area contributed by atoms with Crippen molar-refractivity contribution in [2.75, 3.05) is 14.1 Å². The fourth-order valence-corrected chi connectivity index (χ4v) is 4.32. The number of benzene rings is 1. The summed E-state index contributed by atoms with van der Waals surface area (Å²) in [6, 6.07) is 8.22. The van der Waals surface area contributed by atoms with E-state index < -0.39 is 17.2 Å². The van der Waals surface area contributed by atoms with Gasteiger partial charge in [0.1, 0.15) is 23.7 Å². The molecule has 3 heterocycles. The van der Waals surface area contributed by atoms with Crippen molar-refractivity contribution in [2.24, 2.45) is 0 Å². The molecule has 0 aliphatic rings. The van der Waals surface area contributed by atoms with Crippen LogP contribution in [0.3, 0.4) is 0 Å². The van der Waals surface area contributed by atoms with Crippen LogP contribution in [0.2, 0.25) is 5.02 Å². The molecule has 6 nitrogen and oxygen atoms in total. The summed E-state index contributed by atoms with van der Waals surface area (Å²) in [5.41, 5.74) is 3.52. The third kappa shape index (κ3) is 5.54. The fraction of sp³-hybridized carbons (Fsp3) is 0.179. The fourth-order valence-electron chi connectivity index (χ4n) is 4.09. The van der Waals surface area contributed by atoms with E-state index in [1.807, 2.05) is 56.3 Å². The van der Waals surface area contributed by atoms with E-state index in [1.165, 1.54) is 12.4 Å². The maximum Gasteiger partial charge on any atom is 0.287 e. The van der Waals surface area contributed by atoms with Crippen LogP contribution in [-0.2, 0) is 13.2 Å². The highest BCUT2D eigenvalue weighted by Gasteiger charge is 2.16. The van der Waals surface area contributed by atoms with Gasteiger partial charge in [-0.05, 0) is 30.7 Å². The monoisotopic (exact) mass is 522 g/mol. The summed E-state index contributed by atoms with van der Waals surface area (Å²) in [6.07, 6.45) is 7.55. The first-order chi connectivity index (χ1) is 17.7. The predicted molar refractivity (Wildman–Crippen MR) is 142 cm³/mol. The van der Waals surface area contributed by atoms with Crippen LogP contribution in [-0.4, -0.2) is 33.5 Å². The molecular formula is C28H25ClF2N4O2. The number of hydrogen-bond donors (Lipinski definition) is 0. The Hall–Kier alpha value is -4.04. The lowest BCUT2D eigenvalue weighted by Gasteiger charge is -2.20. The van der Waals surface area contributed by atoms with Crippen LogP contribution in [0.15, 0.2) is 72.4 Å². The smallest absolute Gasteiger partial charge is 0.287 e. The molecule has 0 saturated heterocycles. The average molecular weight is 523 g/mol. The van der Waals surface area contributed by atoms with E-state index in [0.717, 1.165) is 33.1 Å². The second-order valence-electron chi connectivity index (χ2n) is 8.63.